The fourth-order valence-electron chi connectivity index (χ4n) is 1.55. The van der Waals surface area contributed by atoms with E-state index in [0.29, 0.717) is 6.04 Å². The van der Waals surface area contributed by atoms with Gasteiger partial charge in [0.1, 0.15) is 0 Å². The number of nitrogens with one attached hydrogen (secondary N) is 2. The average Bonchev–Trinajstić information content (AvgIpc) is 3.03. The number of carbonyl (C=O) groups excluding carboxylic acids is 1. The van der Waals surface area contributed by atoms with Crippen molar-refractivity contribution in [3.63, 3.8) is 0 Å². The Morgan fingerprint density at radius 3 is 2.73 bits per heavy atom. The zero-order valence-electron chi connectivity index (χ0n) is 9.13. The molecule has 3 nitrogen and oxygen atoms in total. The van der Waals surface area contributed by atoms with Gasteiger partial charge in [-0.25, -0.2) is 0 Å². The van der Waals surface area contributed by atoms with Crippen molar-refractivity contribution in [1.29, 1.82) is 0 Å². The zero-order chi connectivity index (χ0) is 10.8. The molecule has 0 bridgehead atoms. The van der Waals surface area contributed by atoms with Crippen LogP contribution >= 0.6 is 0 Å². The van der Waals surface area contributed by atoms with Crippen molar-refractivity contribution in [3.8, 4) is 0 Å². The van der Waals surface area contributed by atoms with Gasteiger partial charge >= 0.3 is 0 Å². The molecule has 1 aliphatic rings. The molecule has 1 fully saturated rings. The fourth-order valence-corrected chi connectivity index (χ4v) is 1.55. The van der Waals surface area contributed by atoms with Crippen LogP contribution < -0.4 is 10.6 Å². The highest BCUT2D eigenvalue weighted by molar-refractivity contribution is 5.99. The summed E-state index contributed by atoms with van der Waals surface area (Å²) >= 11 is 0. The molecule has 1 aliphatic carbocycles. The number of benzene rings is 1. The standard InChI is InChI=1S/C12H16N2O/c1-8-3-6-11(14-9-4-5-9)10(7-8)12(15)13-2/h3,6-7,9,14H,4-5H2,1-2H3,(H,13,15). The van der Waals surface area contributed by atoms with Crippen LogP contribution in [0.2, 0.25) is 0 Å². The van der Waals surface area contributed by atoms with Crippen molar-refractivity contribution in [3.05, 3.63) is 29.3 Å². The molecule has 1 aromatic carbocycles. The quantitative estimate of drug-likeness (QED) is 0.790. The first-order valence-electron chi connectivity index (χ1n) is 5.30. The van der Waals surface area contributed by atoms with Crippen LogP contribution in [0.15, 0.2) is 18.2 Å². The van der Waals surface area contributed by atoms with E-state index in [-0.39, 0.29) is 5.91 Å². The predicted octanol–water partition coefficient (Wildman–Crippen LogP) is 1.93. The van der Waals surface area contributed by atoms with Crippen LogP contribution in [-0.4, -0.2) is 19.0 Å². The van der Waals surface area contributed by atoms with E-state index in [1.54, 1.807) is 7.05 Å². The van der Waals surface area contributed by atoms with Gasteiger partial charge in [0.05, 0.1) is 5.56 Å². The first-order valence-corrected chi connectivity index (χ1v) is 5.30. The SMILES string of the molecule is CNC(=O)c1cc(C)ccc1NC1CC1. The van der Waals surface area contributed by atoms with Crippen LogP contribution in [0, 0.1) is 6.92 Å². The van der Waals surface area contributed by atoms with Gasteiger partial charge in [-0.1, -0.05) is 11.6 Å². The number of hydrogen-bond acceptors (Lipinski definition) is 2. The molecule has 80 valence electrons. The van der Waals surface area contributed by atoms with Gasteiger partial charge in [0, 0.05) is 18.8 Å². The third-order valence-electron chi connectivity index (χ3n) is 2.58. The van der Waals surface area contributed by atoms with E-state index in [1.807, 2.05) is 25.1 Å². The molecule has 1 saturated carbocycles. The summed E-state index contributed by atoms with van der Waals surface area (Å²) in [6, 6.07) is 6.50. The van der Waals surface area contributed by atoms with Crippen LogP contribution in [-0.2, 0) is 0 Å². The number of amides is 1. The molecule has 0 spiro atoms. The number of aryl methyl sites for hydroxylation is 1. The molecule has 0 aromatic heterocycles. The fraction of sp³-hybridized carbons (Fsp3) is 0.417. The highest BCUT2D eigenvalue weighted by Gasteiger charge is 2.22. The van der Waals surface area contributed by atoms with Gasteiger partial charge in [0.25, 0.3) is 5.91 Å². The lowest BCUT2D eigenvalue weighted by Gasteiger charge is -2.11. The van der Waals surface area contributed by atoms with E-state index in [1.165, 1.54) is 12.8 Å². The Kier molecular flexibility index (Phi) is 2.62. The van der Waals surface area contributed by atoms with Gasteiger partial charge in [0.2, 0.25) is 0 Å². The summed E-state index contributed by atoms with van der Waals surface area (Å²) in [5.74, 6) is -0.0261. The molecule has 3 heteroatoms. The van der Waals surface area contributed by atoms with Crippen molar-refractivity contribution in [1.82, 2.24) is 5.32 Å². The van der Waals surface area contributed by atoms with E-state index >= 15 is 0 Å². The Morgan fingerprint density at radius 2 is 2.13 bits per heavy atom. The van der Waals surface area contributed by atoms with Crippen LogP contribution in [0.4, 0.5) is 5.69 Å². The first kappa shape index (κ1) is 10.0. The molecule has 0 aliphatic heterocycles. The monoisotopic (exact) mass is 204 g/mol. The lowest BCUT2D eigenvalue weighted by molar-refractivity contribution is 0.0964. The van der Waals surface area contributed by atoms with Crippen LogP contribution in [0.3, 0.4) is 0 Å². The maximum Gasteiger partial charge on any atom is 0.253 e. The minimum absolute atomic E-state index is 0.0261. The normalized spacial score (nSPS) is 14.8. The topological polar surface area (TPSA) is 41.1 Å². The van der Waals surface area contributed by atoms with Crippen molar-refractivity contribution < 1.29 is 4.79 Å². The van der Waals surface area contributed by atoms with Gasteiger partial charge in [-0.15, -0.1) is 0 Å². The average molecular weight is 204 g/mol. The molecule has 0 unspecified atom stereocenters. The Balaban J connectivity index is 2.29. The summed E-state index contributed by atoms with van der Waals surface area (Å²) in [4.78, 5) is 11.6. The van der Waals surface area contributed by atoms with Crippen molar-refractivity contribution in [2.45, 2.75) is 25.8 Å². The molecule has 0 saturated heterocycles. The third-order valence-corrected chi connectivity index (χ3v) is 2.58. The highest BCUT2D eigenvalue weighted by Crippen LogP contribution is 2.27. The van der Waals surface area contributed by atoms with Crippen LogP contribution in [0.1, 0.15) is 28.8 Å². The highest BCUT2D eigenvalue weighted by atomic mass is 16.1. The van der Waals surface area contributed by atoms with Gasteiger partial charge in [-0.2, -0.15) is 0 Å². The summed E-state index contributed by atoms with van der Waals surface area (Å²) in [5, 5.41) is 6.03. The van der Waals surface area contributed by atoms with E-state index in [0.717, 1.165) is 16.8 Å². The molecule has 0 radical (unpaired) electrons. The Morgan fingerprint density at radius 1 is 1.40 bits per heavy atom. The molecule has 2 N–H and O–H groups in total. The van der Waals surface area contributed by atoms with Crippen LogP contribution in [0.5, 0.6) is 0 Å². The van der Waals surface area contributed by atoms with E-state index in [4.69, 9.17) is 0 Å². The van der Waals surface area contributed by atoms with E-state index in [9.17, 15) is 4.79 Å². The first-order chi connectivity index (χ1) is 7.20. The minimum atomic E-state index is -0.0261. The smallest absolute Gasteiger partial charge is 0.253 e. The molecule has 0 atom stereocenters. The van der Waals surface area contributed by atoms with E-state index in [2.05, 4.69) is 10.6 Å². The second-order valence-electron chi connectivity index (χ2n) is 4.05. The largest absolute Gasteiger partial charge is 0.382 e. The summed E-state index contributed by atoms with van der Waals surface area (Å²) < 4.78 is 0. The summed E-state index contributed by atoms with van der Waals surface area (Å²) in [6.45, 7) is 1.99. The van der Waals surface area contributed by atoms with Gasteiger partial charge in [-0.3, -0.25) is 4.79 Å². The summed E-state index contributed by atoms with van der Waals surface area (Å²) in [5.41, 5.74) is 2.79. The number of carbonyl (C=O) groups is 1. The minimum Gasteiger partial charge on any atom is -0.382 e. The molecular formula is C12H16N2O. The summed E-state index contributed by atoms with van der Waals surface area (Å²) in [6.07, 6.45) is 2.42. The lowest BCUT2D eigenvalue weighted by atomic mass is 10.1. The Bertz CT molecular complexity index is 383. The zero-order valence-corrected chi connectivity index (χ0v) is 9.13. The number of hydrogen-bond donors (Lipinski definition) is 2. The maximum atomic E-state index is 11.6. The maximum absolute atomic E-state index is 11.6. The van der Waals surface area contributed by atoms with Crippen LogP contribution in [0.25, 0.3) is 0 Å². The molecule has 1 aromatic rings. The molecular weight excluding hydrogens is 188 g/mol. The van der Waals surface area contributed by atoms with Gasteiger partial charge in [-0.05, 0) is 31.9 Å². The Hall–Kier alpha value is -1.51. The molecule has 15 heavy (non-hydrogen) atoms. The second-order valence-corrected chi connectivity index (χ2v) is 4.05. The molecule has 1 amide bonds. The molecule has 0 heterocycles. The van der Waals surface area contributed by atoms with Crippen molar-refractivity contribution >= 4 is 11.6 Å². The van der Waals surface area contributed by atoms with Gasteiger partial charge < -0.3 is 10.6 Å². The van der Waals surface area contributed by atoms with Gasteiger partial charge in [0.15, 0.2) is 0 Å². The lowest BCUT2D eigenvalue weighted by Crippen LogP contribution is -2.20. The predicted molar refractivity (Wildman–Crippen MR) is 61.2 cm³/mol. The van der Waals surface area contributed by atoms with E-state index < -0.39 is 0 Å². The second kappa shape index (κ2) is 3.93. The Labute approximate surface area is 89.9 Å². The van der Waals surface area contributed by atoms with Crippen molar-refractivity contribution in [2.24, 2.45) is 0 Å². The molecule has 2 rings (SSSR count). The summed E-state index contributed by atoms with van der Waals surface area (Å²) in [7, 11) is 1.66. The van der Waals surface area contributed by atoms with Crippen molar-refractivity contribution in [2.75, 3.05) is 12.4 Å². The third kappa shape index (κ3) is 2.29. The number of anilines is 1. The number of rotatable bonds is 3.